The van der Waals surface area contributed by atoms with E-state index >= 15 is 0 Å². The molecule has 0 saturated carbocycles. The van der Waals surface area contributed by atoms with Gasteiger partial charge in [0.05, 0.1) is 75.9 Å². The van der Waals surface area contributed by atoms with Gasteiger partial charge in [0.15, 0.2) is 22.2 Å². The summed E-state index contributed by atoms with van der Waals surface area (Å²) in [6, 6.07) is 0. The summed E-state index contributed by atoms with van der Waals surface area (Å²) in [5, 5.41) is 0. The van der Waals surface area contributed by atoms with E-state index in [0.29, 0.717) is 0 Å². The van der Waals surface area contributed by atoms with Crippen molar-refractivity contribution < 1.29 is 101 Å². The van der Waals surface area contributed by atoms with Gasteiger partial charge in [-0.25, -0.2) is 21.1 Å². The minimum Gasteiger partial charge on any atom is -0.469 e. The maximum absolute atomic E-state index is 11.3. The minimum absolute atomic E-state index is 0.0278. The Balaban J connectivity index is -0.0000000825. The van der Waals surface area contributed by atoms with Gasteiger partial charge < -0.3 is 19.1 Å². The van der Waals surface area contributed by atoms with E-state index in [1.165, 1.54) is 45.9 Å². The average Bonchev–Trinajstić information content (AvgIpc) is 0.840. The normalized spacial score (nSPS) is 13.4. The van der Waals surface area contributed by atoms with Crippen LogP contribution >= 0.6 is 0 Å². The molecular formula is C66H150N2O23S7. The SMILES string of the molecule is CC(=O)C(C)(C)C.CC(=O)OC(C)(C)C.CC(C)(C)OS(C)(=O)=O.CN(C)C(=O)C(C)(C)C.CN(C)S(=O)(=O)C(C)(C)C.COC(=O)C(C)(C)C.COC(C)(C)C.COS(=O)(=O)C(C)(C)C.COS(=O)(=O)C(C)(C)C.COS(=O)C(C)(C)C.CS(=O)C(C)(C)C.CS(=O)OC(C)(C)C. The Morgan fingerprint density at radius 2 is 0.684 bits per heavy atom. The molecule has 0 fully saturated rings. The van der Waals surface area contributed by atoms with E-state index in [-0.39, 0.29) is 66.2 Å². The molecule has 98 heavy (non-hydrogen) atoms. The number of nitrogens with zero attached hydrogens (tertiary/aromatic N) is 2. The summed E-state index contributed by atoms with van der Waals surface area (Å²) in [6.07, 6.45) is 4.28. The van der Waals surface area contributed by atoms with Crippen molar-refractivity contribution in [2.45, 2.75) is 309 Å². The van der Waals surface area contributed by atoms with Gasteiger partial charge in [-0.2, -0.15) is 25.3 Å². The van der Waals surface area contributed by atoms with Gasteiger partial charge in [0.1, 0.15) is 11.4 Å². The summed E-state index contributed by atoms with van der Waals surface area (Å²) < 4.78 is 154. The highest BCUT2D eigenvalue weighted by molar-refractivity contribution is 7.90. The van der Waals surface area contributed by atoms with Crippen LogP contribution in [0.4, 0.5) is 0 Å². The van der Waals surface area contributed by atoms with Crippen LogP contribution in [0.2, 0.25) is 0 Å². The van der Waals surface area contributed by atoms with Gasteiger partial charge in [0.2, 0.25) is 15.9 Å². The third-order valence-electron chi connectivity index (χ3n) is 9.44. The second kappa shape index (κ2) is 50.5. The van der Waals surface area contributed by atoms with Gasteiger partial charge in [-0.15, -0.1) is 0 Å². The van der Waals surface area contributed by atoms with E-state index in [1.807, 2.05) is 166 Å². The Labute approximate surface area is 610 Å². The number of esters is 2. The second-order valence-electron chi connectivity index (χ2n) is 33.5. The Bertz CT molecular complexity index is 2590. The molecule has 32 heteroatoms. The largest absolute Gasteiger partial charge is 0.469 e. The highest BCUT2D eigenvalue weighted by atomic mass is 32.2. The molecular weight excluding hydrogens is 1410 g/mol. The van der Waals surface area contributed by atoms with Crippen molar-refractivity contribution in [1.29, 1.82) is 0 Å². The van der Waals surface area contributed by atoms with Crippen LogP contribution in [0, 0.1) is 16.2 Å². The van der Waals surface area contributed by atoms with E-state index in [4.69, 9.17) is 13.7 Å². The number of sulfonamides is 1. The number of ether oxygens (including phenoxy) is 3. The van der Waals surface area contributed by atoms with Crippen molar-refractivity contribution >= 4 is 97.0 Å². The lowest BCUT2D eigenvalue weighted by Gasteiger charge is -2.23. The number of methoxy groups -OCH3 is 2. The molecule has 0 rings (SSSR count). The minimum atomic E-state index is -3.34. The average molecular weight is 1560 g/mol. The molecule has 3 atom stereocenters. The highest BCUT2D eigenvalue weighted by Crippen LogP contribution is 2.20. The topological polar surface area (TPSA) is 336 Å². The van der Waals surface area contributed by atoms with Crippen LogP contribution in [0.15, 0.2) is 0 Å². The number of Topliss-reactive ketones (excluding diaryl/α,β-unsaturated/α-hetero) is 1. The molecule has 0 spiro atoms. The molecule has 0 radical (unpaired) electrons. The fraction of sp³-hybridized carbons (Fsp3) is 0.939. The van der Waals surface area contributed by atoms with Crippen LogP contribution < -0.4 is 0 Å². The molecule has 0 aromatic carbocycles. The van der Waals surface area contributed by atoms with Gasteiger partial charge >= 0.3 is 11.9 Å². The fourth-order valence-electron chi connectivity index (χ4n) is 3.51. The standard InChI is InChI=1S/C7H15NO.C6H15NO2S.2C6H12O2.C6H12O.3C5H12O3S.2C5H12O2S.C5H12OS.C5H12O/c1-7(2,3)6(9)8(4)5;1-6(2,3)10(8,9)7(4)5;1-6(2,3)5(7)8-4;1-5(7)8-6(2,3)4;1-5(7)6(2,3)4;1-5(2,3)8-9(4,6)7;2*1-5(2,3)9(6,7)8-4;1-5(2,3)7-8(4)6;1-5(2,3)8(6)7-4;1-5(2,3)7(4)6;1-5(2,3)6-4/h1-5H3;1-5H3;2*1-4H3;1-4H3;3*1-4H3;2*1-4H3;1-4H3;1-4H3. The van der Waals surface area contributed by atoms with Crippen LogP contribution in [0.25, 0.3) is 0 Å². The number of rotatable bonds is 6. The molecule has 3 unspecified atom stereocenters. The molecule has 1 amide bonds. The van der Waals surface area contributed by atoms with Crippen molar-refractivity contribution in [3.05, 3.63) is 0 Å². The van der Waals surface area contributed by atoms with Crippen LogP contribution in [-0.2, 0) is 128 Å². The van der Waals surface area contributed by atoms with Gasteiger partial charge in [-0.05, 0) is 215 Å². The lowest BCUT2D eigenvalue weighted by atomic mass is 9.92. The van der Waals surface area contributed by atoms with E-state index in [2.05, 4.69) is 21.5 Å². The number of amides is 1. The Morgan fingerprint density at radius 3 is 0.684 bits per heavy atom. The molecule has 25 nitrogen and oxygen atoms in total. The van der Waals surface area contributed by atoms with Crippen LogP contribution in [0.3, 0.4) is 0 Å². The van der Waals surface area contributed by atoms with Gasteiger partial charge in [0.25, 0.3) is 30.4 Å². The third kappa shape index (κ3) is 92.1. The predicted molar refractivity (Wildman–Crippen MR) is 411 cm³/mol. The van der Waals surface area contributed by atoms with Crippen molar-refractivity contribution in [3.63, 3.8) is 0 Å². The maximum Gasteiger partial charge on any atom is 0.310 e. The second-order valence-corrected chi connectivity index (χ2v) is 48.0. The molecule has 0 bridgehead atoms. The van der Waals surface area contributed by atoms with E-state index in [9.17, 15) is 65.5 Å². The quantitative estimate of drug-likeness (QED) is 0.176. The molecule has 0 aliphatic carbocycles. The first-order valence-electron chi connectivity index (χ1n) is 30.9. The van der Waals surface area contributed by atoms with Crippen molar-refractivity contribution in [3.8, 4) is 0 Å². The molecule has 0 saturated heterocycles. The molecule has 0 aromatic heterocycles. The highest BCUT2D eigenvalue weighted by Gasteiger charge is 2.32. The van der Waals surface area contributed by atoms with E-state index < -0.39 is 93.2 Å². The number of carbonyl (C=O) groups is 4. The first-order chi connectivity index (χ1) is 41.6. The van der Waals surface area contributed by atoms with Crippen LogP contribution in [0.5, 0.6) is 0 Å². The zero-order valence-corrected chi connectivity index (χ0v) is 76.9. The monoisotopic (exact) mass is 1560 g/mol. The molecule has 0 aliphatic heterocycles. The van der Waals surface area contributed by atoms with Crippen molar-refractivity contribution in [2.75, 3.05) is 82.5 Å². The summed E-state index contributed by atoms with van der Waals surface area (Å²) in [6.45, 7) is 68.3. The Kier molecular flexibility index (Phi) is 63.3. The number of carbonyl (C=O) groups excluding carboxylic acids is 4. The zero-order valence-electron chi connectivity index (χ0n) is 71.1. The number of ketones is 1. The summed E-state index contributed by atoms with van der Waals surface area (Å²) >= 11 is -2.28. The first-order valence-corrected chi connectivity index (χ1v) is 41.1. The lowest BCUT2D eigenvalue weighted by Crippen LogP contribution is -2.38. The first kappa shape index (κ1) is 123. The Morgan fingerprint density at radius 1 is 0.408 bits per heavy atom. The predicted octanol–water partition coefficient (Wildman–Crippen LogP) is 13.0. The smallest absolute Gasteiger partial charge is 0.310 e. The molecule has 604 valence electrons. The Hall–Kier alpha value is -1.95. The van der Waals surface area contributed by atoms with Crippen LogP contribution in [0.1, 0.15) is 263 Å². The van der Waals surface area contributed by atoms with Crippen LogP contribution in [-0.4, -0.2) is 208 Å². The summed E-state index contributed by atoms with van der Waals surface area (Å²) in [5.74, 6) is 0.0185. The third-order valence-corrected chi connectivity index (χ3v) is 20.4. The number of hydrogen-bond acceptors (Lipinski definition) is 23. The van der Waals surface area contributed by atoms with E-state index in [1.54, 1.807) is 136 Å². The molecule has 0 N–H and O–H groups in total. The van der Waals surface area contributed by atoms with Gasteiger partial charge in [-0.3, -0.25) is 44.3 Å². The van der Waals surface area contributed by atoms with E-state index in [0.717, 1.165) is 6.26 Å². The van der Waals surface area contributed by atoms with Gasteiger partial charge in [-0.1, -0.05) is 41.5 Å². The maximum atomic E-state index is 11.3. The zero-order chi connectivity index (χ0) is 83.9. The number of hydrogen-bond donors (Lipinski definition) is 0. The summed E-state index contributed by atoms with van der Waals surface area (Å²) in [5.41, 5.74) is -1.89. The molecule has 0 aromatic rings. The molecule has 0 heterocycles. The summed E-state index contributed by atoms with van der Waals surface area (Å²) in [4.78, 5) is 44.0. The molecule has 0 aliphatic rings. The van der Waals surface area contributed by atoms with Crippen molar-refractivity contribution in [2.24, 2.45) is 16.2 Å². The van der Waals surface area contributed by atoms with Crippen molar-refractivity contribution in [1.82, 2.24) is 9.21 Å². The van der Waals surface area contributed by atoms with Gasteiger partial charge in [0, 0.05) is 81.1 Å². The fourth-order valence-corrected chi connectivity index (χ4v) is 7.72. The lowest BCUT2D eigenvalue weighted by molar-refractivity contribution is -0.152. The summed E-state index contributed by atoms with van der Waals surface area (Å²) in [7, 11) is -0.205.